The number of benzene rings is 2. The van der Waals surface area contributed by atoms with Crippen molar-refractivity contribution in [3.05, 3.63) is 57.9 Å². The van der Waals surface area contributed by atoms with Crippen molar-refractivity contribution in [1.82, 2.24) is 10.6 Å². The Morgan fingerprint density at radius 3 is 2.70 bits per heavy atom. The minimum Gasteiger partial charge on any atom is -0.483 e. The van der Waals surface area contributed by atoms with Gasteiger partial charge in [-0.3, -0.25) is 9.59 Å². The first-order valence-electron chi connectivity index (χ1n) is 7.74. The first kappa shape index (κ1) is 20.0. The molecule has 0 aromatic heterocycles. The summed E-state index contributed by atoms with van der Waals surface area (Å²) in [4.78, 5) is 23.6. The smallest absolute Gasteiger partial charge is 0.257 e. The summed E-state index contributed by atoms with van der Waals surface area (Å²) in [5, 5.41) is 13.8. The van der Waals surface area contributed by atoms with Crippen molar-refractivity contribution in [3.8, 4) is 11.8 Å². The second kappa shape index (κ2) is 8.87. The number of nitriles is 1. The van der Waals surface area contributed by atoms with Gasteiger partial charge in [0.05, 0.1) is 22.3 Å². The molecule has 140 valence electrons. The van der Waals surface area contributed by atoms with Gasteiger partial charge in [-0.1, -0.05) is 17.7 Å². The molecular weight excluding hydrogens is 375 g/mol. The van der Waals surface area contributed by atoms with Gasteiger partial charge in [-0.2, -0.15) is 5.26 Å². The quantitative estimate of drug-likeness (QED) is 0.652. The van der Waals surface area contributed by atoms with Crippen molar-refractivity contribution in [2.75, 3.05) is 19.4 Å². The molecule has 2 rings (SSSR count). The maximum Gasteiger partial charge on any atom is 0.257 e. The minimum absolute atomic E-state index is 0.0442. The number of carbonyl (C=O) groups excluding carboxylic acids is 2. The normalized spacial score (nSPS) is 10.0. The first-order chi connectivity index (χ1) is 12.8. The van der Waals surface area contributed by atoms with E-state index in [0.717, 1.165) is 0 Å². The highest BCUT2D eigenvalue weighted by Crippen LogP contribution is 2.23. The SMILES string of the molecule is CNC(=O)COc1cc(C#N)ccc1CNC(=O)c1cc(N)c(F)c(Cl)c1. The summed E-state index contributed by atoms with van der Waals surface area (Å²) in [5.41, 5.74) is 6.23. The number of likely N-dealkylation sites (N-methyl/N-ethyl adjacent to an activating group) is 1. The maximum absolute atomic E-state index is 13.5. The summed E-state index contributed by atoms with van der Waals surface area (Å²) in [6, 6.07) is 8.95. The van der Waals surface area contributed by atoms with Crippen LogP contribution in [0.5, 0.6) is 5.75 Å². The summed E-state index contributed by atoms with van der Waals surface area (Å²) < 4.78 is 18.9. The molecule has 7 nitrogen and oxygen atoms in total. The number of nitrogens with one attached hydrogen (secondary N) is 2. The number of nitrogens with two attached hydrogens (primary N) is 1. The molecule has 0 heterocycles. The lowest BCUT2D eigenvalue weighted by Gasteiger charge is -2.13. The van der Waals surface area contributed by atoms with Gasteiger partial charge >= 0.3 is 0 Å². The molecule has 0 saturated heterocycles. The highest BCUT2D eigenvalue weighted by atomic mass is 35.5. The van der Waals surface area contributed by atoms with E-state index < -0.39 is 11.7 Å². The number of nitrogen functional groups attached to an aromatic ring is 1. The van der Waals surface area contributed by atoms with Crippen LogP contribution in [-0.2, 0) is 11.3 Å². The zero-order valence-corrected chi connectivity index (χ0v) is 15.1. The summed E-state index contributed by atoms with van der Waals surface area (Å²) in [7, 11) is 1.47. The largest absolute Gasteiger partial charge is 0.483 e. The number of rotatable bonds is 6. The summed E-state index contributed by atoms with van der Waals surface area (Å²) in [6.07, 6.45) is 0. The van der Waals surface area contributed by atoms with Crippen LogP contribution in [0.25, 0.3) is 0 Å². The molecule has 0 aliphatic heterocycles. The van der Waals surface area contributed by atoms with E-state index in [4.69, 9.17) is 27.3 Å². The number of hydrogen-bond acceptors (Lipinski definition) is 5. The number of halogens is 2. The predicted octanol–water partition coefficient (Wildman–Crippen LogP) is 1.99. The van der Waals surface area contributed by atoms with Gasteiger partial charge in [0.1, 0.15) is 5.75 Å². The molecule has 0 saturated carbocycles. The maximum atomic E-state index is 13.5. The molecule has 0 fully saturated rings. The molecule has 0 aliphatic rings. The Bertz CT molecular complexity index is 904. The van der Waals surface area contributed by atoms with Gasteiger partial charge in [-0.15, -0.1) is 0 Å². The van der Waals surface area contributed by atoms with E-state index in [2.05, 4.69) is 10.6 Å². The molecule has 0 unspecified atom stereocenters. The average Bonchev–Trinajstić information content (AvgIpc) is 2.67. The number of nitrogens with zero attached hydrogens (tertiary/aromatic N) is 1. The van der Waals surface area contributed by atoms with Crippen LogP contribution in [0, 0.1) is 17.1 Å². The zero-order valence-electron chi connectivity index (χ0n) is 14.3. The van der Waals surface area contributed by atoms with Crippen molar-refractivity contribution < 1.29 is 18.7 Å². The van der Waals surface area contributed by atoms with Crippen molar-refractivity contribution in [1.29, 1.82) is 5.26 Å². The van der Waals surface area contributed by atoms with Gasteiger partial charge in [0, 0.05) is 24.7 Å². The van der Waals surface area contributed by atoms with Crippen molar-refractivity contribution >= 4 is 29.1 Å². The first-order valence-corrected chi connectivity index (χ1v) is 8.12. The van der Waals surface area contributed by atoms with Crippen LogP contribution in [0.15, 0.2) is 30.3 Å². The van der Waals surface area contributed by atoms with Crippen LogP contribution in [0.3, 0.4) is 0 Å². The second-order valence-electron chi connectivity index (χ2n) is 5.44. The fraction of sp³-hybridized carbons (Fsp3) is 0.167. The Morgan fingerprint density at radius 1 is 1.33 bits per heavy atom. The predicted molar refractivity (Wildman–Crippen MR) is 97.7 cm³/mol. The summed E-state index contributed by atoms with van der Waals surface area (Å²) >= 11 is 5.70. The second-order valence-corrected chi connectivity index (χ2v) is 5.85. The van der Waals surface area contributed by atoms with Crippen LogP contribution >= 0.6 is 11.6 Å². The Hall–Kier alpha value is -3.31. The molecule has 0 spiro atoms. The highest BCUT2D eigenvalue weighted by Gasteiger charge is 2.14. The van der Waals surface area contributed by atoms with Gasteiger partial charge in [0.25, 0.3) is 11.8 Å². The average molecular weight is 391 g/mol. The zero-order chi connectivity index (χ0) is 20.0. The van der Waals surface area contributed by atoms with E-state index in [-0.39, 0.29) is 41.1 Å². The van der Waals surface area contributed by atoms with Crippen LogP contribution in [0.4, 0.5) is 10.1 Å². The lowest BCUT2D eigenvalue weighted by atomic mass is 10.1. The Morgan fingerprint density at radius 2 is 2.07 bits per heavy atom. The van der Waals surface area contributed by atoms with Crippen LogP contribution in [0.1, 0.15) is 21.5 Å². The van der Waals surface area contributed by atoms with Gasteiger partial charge < -0.3 is 21.1 Å². The standard InChI is InChI=1S/C18H16ClFN4O3/c1-23-16(25)9-27-15-4-10(7-21)2-3-11(15)8-24-18(26)12-5-13(19)17(20)14(22)6-12/h2-6H,8-9,22H2,1H3,(H,23,25)(H,24,26). The van der Waals surface area contributed by atoms with Crippen molar-refractivity contribution in [2.24, 2.45) is 0 Å². The monoisotopic (exact) mass is 390 g/mol. The van der Waals surface area contributed by atoms with E-state index >= 15 is 0 Å². The molecule has 2 amide bonds. The summed E-state index contributed by atoms with van der Waals surface area (Å²) in [5.74, 6) is -1.37. The minimum atomic E-state index is -0.787. The fourth-order valence-corrected chi connectivity index (χ4v) is 2.37. The molecule has 2 aromatic carbocycles. The molecular formula is C18H16ClFN4O3. The lowest BCUT2D eigenvalue weighted by molar-refractivity contribution is -0.122. The molecule has 2 aromatic rings. The fourth-order valence-electron chi connectivity index (χ4n) is 2.14. The molecule has 0 radical (unpaired) electrons. The third-order valence-corrected chi connectivity index (χ3v) is 3.87. The highest BCUT2D eigenvalue weighted by molar-refractivity contribution is 6.31. The van der Waals surface area contributed by atoms with E-state index in [1.54, 1.807) is 12.1 Å². The third-order valence-electron chi connectivity index (χ3n) is 3.59. The van der Waals surface area contributed by atoms with Gasteiger partial charge in [-0.25, -0.2) is 4.39 Å². The Labute approximate surface area is 159 Å². The Balaban J connectivity index is 2.15. The number of anilines is 1. The molecule has 0 aliphatic carbocycles. The van der Waals surface area contributed by atoms with Crippen LogP contribution < -0.4 is 21.1 Å². The van der Waals surface area contributed by atoms with Gasteiger partial charge in [0.15, 0.2) is 12.4 Å². The molecule has 9 heteroatoms. The van der Waals surface area contributed by atoms with Crippen molar-refractivity contribution in [3.63, 3.8) is 0 Å². The van der Waals surface area contributed by atoms with E-state index in [9.17, 15) is 14.0 Å². The number of carbonyl (C=O) groups is 2. The van der Waals surface area contributed by atoms with Crippen molar-refractivity contribution in [2.45, 2.75) is 6.54 Å². The van der Waals surface area contributed by atoms with Crippen LogP contribution in [-0.4, -0.2) is 25.5 Å². The molecule has 27 heavy (non-hydrogen) atoms. The number of amides is 2. The van der Waals surface area contributed by atoms with E-state index in [1.165, 1.54) is 25.2 Å². The van der Waals surface area contributed by atoms with Gasteiger partial charge in [0.2, 0.25) is 0 Å². The number of ether oxygens (including phenoxy) is 1. The van der Waals surface area contributed by atoms with E-state index in [0.29, 0.717) is 11.1 Å². The molecule has 4 N–H and O–H groups in total. The third kappa shape index (κ3) is 5.09. The topological polar surface area (TPSA) is 117 Å². The van der Waals surface area contributed by atoms with E-state index in [1.807, 2.05) is 6.07 Å². The molecule has 0 atom stereocenters. The van der Waals surface area contributed by atoms with Crippen LogP contribution in [0.2, 0.25) is 5.02 Å². The summed E-state index contributed by atoms with van der Waals surface area (Å²) in [6.45, 7) is -0.195. The number of hydrogen-bond donors (Lipinski definition) is 3. The molecule has 0 bridgehead atoms. The Kier molecular flexibility index (Phi) is 6.57. The van der Waals surface area contributed by atoms with Gasteiger partial charge in [-0.05, 0) is 24.3 Å². The lowest BCUT2D eigenvalue weighted by Crippen LogP contribution is -2.26.